The van der Waals surface area contributed by atoms with Gasteiger partial charge in [-0.1, -0.05) is 0 Å². The second kappa shape index (κ2) is 10.3. The van der Waals surface area contributed by atoms with E-state index in [1.165, 1.54) is 4.68 Å². The Labute approximate surface area is 201 Å². The minimum atomic E-state index is -1.17. The van der Waals surface area contributed by atoms with Gasteiger partial charge in [0.05, 0.1) is 12.8 Å². The number of nitrogens with zero attached hydrogens (tertiary/aromatic N) is 3. The highest BCUT2D eigenvalue weighted by Crippen LogP contribution is 2.30. The summed E-state index contributed by atoms with van der Waals surface area (Å²) in [6.45, 7) is 0.986. The minimum absolute atomic E-state index is 0.119. The maximum absolute atomic E-state index is 13.5. The Morgan fingerprint density at radius 2 is 1.71 bits per heavy atom. The van der Waals surface area contributed by atoms with Crippen molar-refractivity contribution in [3.05, 3.63) is 65.5 Å². The van der Waals surface area contributed by atoms with E-state index in [1.54, 1.807) is 36.3 Å². The van der Waals surface area contributed by atoms with Gasteiger partial charge in [-0.05, 0) is 67.8 Å². The van der Waals surface area contributed by atoms with Crippen molar-refractivity contribution >= 4 is 29.2 Å². The standard InChI is InChI=1S/C25H26N4O6/c1-35-19-11-9-18(10-12-19)29-23-20(22(27-29)25(33)34)13-15-28(24(23)32)17-7-5-16(6-8-17)26-14-3-2-4-21(30)31/h5-12,26H,2-4,13-15H2,1H3,(H,30,31)(H,33,34). The number of aromatic carboxylic acids is 1. The predicted octanol–water partition coefficient (Wildman–Crippen LogP) is 3.45. The van der Waals surface area contributed by atoms with Gasteiger partial charge in [-0.2, -0.15) is 5.10 Å². The molecular formula is C25H26N4O6. The molecule has 3 N–H and O–H groups in total. The van der Waals surface area contributed by atoms with Crippen LogP contribution in [0.5, 0.6) is 5.75 Å². The zero-order valence-electron chi connectivity index (χ0n) is 19.2. The lowest BCUT2D eigenvalue weighted by Gasteiger charge is -2.28. The van der Waals surface area contributed by atoms with Gasteiger partial charge in [0, 0.05) is 36.4 Å². The Hall–Kier alpha value is -4.34. The number of ether oxygens (including phenoxy) is 1. The van der Waals surface area contributed by atoms with Crippen LogP contribution in [0.1, 0.15) is 45.8 Å². The highest BCUT2D eigenvalue weighted by atomic mass is 16.5. The third kappa shape index (κ3) is 5.11. The number of rotatable bonds is 10. The fraction of sp³-hybridized carbons (Fsp3) is 0.280. The molecule has 1 aliphatic heterocycles. The maximum atomic E-state index is 13.5. The van der Waals surface area contributed by atoms with Crippen LogP contribution in [0.2, 0.25) is 0 Å². The molecule has 0 spiro atoms. The predicted molar refractivity (Wildman–Crippen MR) is 129 cm³/mol. The lowest BCUT2D eigenvalue weighted by Crippen LogP contribution is -2.39. The van der Waals surface area contributed by atoms with Gasteiger partial charge in [0.25, 0.3) is 5.91 Å². The molecule has 0 bridgehead atoms. The van der Waals surface area contributed by atoms with Crippen LogP contribution in [0.4, 0.5) is 11.4 Å². The maximum Gasteiger partial charge on any atom is 0.356 e. The zero-order valence-corrected chi connectivity index (χ0v) is 19.2. The molecule has 0 atom stereocenters. The van der Waals surface area contributed by atoms with Crippen molar-refractivity contribution in [3.63, 3.8) is 0 Å². The largest absolute Gasteiger partial charge is 0.497 e. The fourth-order valence-corrected chi connectivity index (χ4v) is 4.08. The number of carboxylic acids is 2. The molecule has 0 saturated carbocycles. The molecule has 2 heterocycles. The normalized spacial score (nSPS) is 12.8. The molecule has 1 aliphatic rings. The third-order valence-corrected chi connectivity index (χ3v) is 5.86. The number of methoxy groups -OCH3 is 1. The molecule has 0 radical (unpaired) electrons. The van der Waals surface area contributed by atoms with E-state index in [0.29, 0.717) is 48.6 Å². The van der Waals surface area contributed by atoms with Gasteiger partial charge < -0.3 is 25.2 Å². The van der Waals surface area contributed by atoms with E-state index < -0.39 is 11.9 Å². The minimum Gasteiger partial charge on any atom is -0.497 e. The third-order valence-electron chi connectivity index (χ3n) is 5.86. The smallest absolute Gasteiger partial charge is 0.356 e. The molecule has 0 fully saturated rings. The van der Waals surface area contributed by atoms with E-state index in [0.717, 1.165) is 12.1 Å². The monoisotopic (exact) mass is 478 g/mol. The molecule has 0 unspecified atom stereocenters. The van der Waals surface area contributed by atoms with Gasteiger partial charge in [0.1, 0.15) is 11.4 Å². The van der Waals surface area contributed by atoms with Crippen molar-refractivity contribution in [1.82, 2.24) is 9.78 Å². The Bertz CT molecular complexity index is 1230. The summed E-state index contributed by atoms with van der Waals surface area (Å²) in [6, 6.07) is 14.3. The van der Waals surface area contributed by atoms with Gasteiger partial charge in [-0.3, -0.25) is 9.59 Å². The van der Waals surface area contributed by atoms with E-state index in [-0.39, 0.29) is 23.7 Å². The van der Waals surface area contributed by atoms with Crippen molar-refractivity contribution in [2.45, 2.75) is 25.7 Å². The first kappa shape index (κ1) is 23.8. The highest BCUT2D eigenvalue weighted by Gasteiger charge is 2.35. The number of carbonyl (C=O) groups excluding carboxylic acids is 1. The van der Waals surface area contributed by atoms with Gasteiger partial charge in [-0.25, -0.2) is 9.48 Å². The Balaban J connectivity index is 1.55. The van der Waals surface area contributed by atoms with E-state index in [1.807, 2.05) is 24.3 Å². The number of nitrogens with one attached hydrogen (secondary N) is 1. The Morgan fingerprint density at radius 1 is 1.03 bits per heavy atom. The van der Waals surface area contributed by atoms with Crippen LogP contribution in [-0.4, -0.2) is 58.0 Å². The molecule has 35 heavy (non-hydrogen) atoms. The van der Waals surface area contributed by atoms with E-state index in [4.69, 9.17) is 9.84 Å². The molecule has 10 heteroatoms. The van der Waals surface area contributed by atoms with Gasteiger partial charge in [0.2, 0.25) is 0 Å². The van der Waals surface area contributed by atoms with Crippen molar-refractivity contribution < 1.29 is 29.3 Å². The Morgan fingerprint density at radius 3 is 2.34 bits per heavy atom. The van der Waals surface area contributed by atoms with Crippen LogP contribution in [-0.2, 0) is 11.2 Å². The molecule has 0 aliphatic carbocycles. The molecular weight excluding hydrogens is 452 g/mol. The van der Waals surface area contributed by atoms with Crippen LogP contribution in [0.25, 0.3) is 5.69 Å². The number of amides is 1. The topological polar surface area (TPSA) is 134 Å². The first-order valence-electron chi connectivity index (χ1n) is 11.3. The molecule has 0 saturated heterocycles. The first-order chi connectivity index (χ1) is 16.9. The average molecular weight is 479 g/mol. The molecule has 4 rings (SSSR count). The summed E-state index contributed by atoms with van der Waals surface area (Å²) < 4.78 is 6.57. The second-order valence-electron chi connectivity index (χ2n) is 8.12. The molecule has 3 aromatic rings. The number of unbranched alkanes of at least 4 members (excludes halogenated alkanes) is 1. The summed E-state index contributed by atoms with van der Waals surface area (Å²) in [6.07, 6.45) is 1.85. The number of carbonyl (C=O) groups is 3. The lowest BCUT2D eigenvalue weighted by atomic mass is 10.0. The van der Waals surface area contributed by atoms with Gasteiger partial charge in [0.15, 0.2) is 5.69 Å². The quantitative estimate of drug-likeness (QED) is 0.377. The van der Waals surface area contributed by atoms with Gasteiger partial charge in [-0.15, -0.1) is 0 Å². The number of aliphatic carboxylic acids is 1. The summed E-state index contributed by atoms with van der Waals surface area (Å²) >= 11 is 0. The number of carboxylic acid groups (broad SMARTS) is 2. The number of hydrogen-bond acceptors (Lipinski definition) is 6. The van der Waals surface area contributed by atoms with Crippen LogP contribution in [0.15, 0.2) is 48.5 Å². The average Bonchev–Trinajstić information content (AvgIpc) is 3.25. The summed E-state index contributed by atoms with van der Waals surface area (Å²) in [7, 11) is 1.55. The van der Waals surface area contributed by atoms with E-state index in [2.05, 4.69) is 10.4 Å². The molecule has 1 aromatic heterocycles. The van der Waals surface area contributed by atoms with Crippen LogP contribution < -0.4 is 15.0 Å². The molecule has 2 aromatic carbocycles. The summed E-state index contributed by atoms with van der Waals surface area (Å²) in [5.74, 6) is -1.66. The second-order valence-corrected chi connectivity index (χ2v) is 8.12. The number of fused-ring (bicyclic) bond motifs is 1. The van der Waals surface area contributed by atoms with Crippen LogP contribution >= 0.6 is 0 Å². The molecule has 182 valence electrons. The number of anilines is 2. The summed E-state index contributed by atoms with van der Waals surface area (Å²) in [5, 5.41) is 25.9. The number of benzene rings is 2. The van der Waals surface area contributed by atoms with E-state index in [9.17, 15) is 19.5 Å². The Kier molecular flexibility index (Phi) is 7.00. The lowest BCUT2D eigenvalue weighted by molar-refractivity contribution is -0.137. The van der Waals surface area contributed by atoms with Crippen LogP contribution in [0.3, 0.4) is 0 Å². The fourth-order valence-electron chi connectivity index (χ4n) is 4.08. The number of aromatic nitrogens is 2. The summed E-state index contributed by atoms with van der Waals surface area (Å²) in [4.78, 5) is 37.6. The number of hydrogen-bond donors (Lipinski definition) is 3. The molecule has 1 amide bonds. The van der Waals surface area contributed by atoms with Gasteiger partial charge >= 0.3 is 11.9 Å². The SMILES string of the molecule is COc1ccc(-n2nc(C(=O)O)c3c2C(=O)N(c2ccc(NCCCCC(=O)O)cc2)CC3)cc1. The van der Waals surface area contributed by atoms with Crippen molar-refractivity contribution in [2.75, 3.05) is 30.4 Å². The summed E-state index contributed by atoms with van der Waals surface area (Å²) in [5.41, 5.74) is 2.66. The van der Waals surface area contributed by atoms with Crippen molar-refractivity contribution in [2.24, 2.45) is 0 Å². The van der Waals surface area contributed by atoms with Crippen molar-refractivity contribution in [1.29, 1.82) is 0 Å². The highest BCUT2D eigenvalue weighted by molar-refractivity contribution is 6.09. The zero-order chi connectivity index (χ0) is 24.9. The first-order valence-corrected chi connectivity index (χ1v) is 11.3. The van der Waals surface area contributed by atoms with Crippen LogP contribution in [0, 0.1) is 0 Å². The molecule has 10 nitrogen and oxygen atoms in total. The van der Waals surface area contributed by atoms with E-state index >= 15 is 0 Å². The van der Waals surface area contributed by atoms with Crippen molar-refractivity contribution in [3.8, 4) is 11.4 Å².